The van der Waals surface area contributed by atoms with Crippen LogP contribution in [0.3, 0.4) is 0 Å². The summed E-state index contributed by atoms with van der Waals surface area (Å²) in [6.45, 7) is 0.680. The molecule has 3 rings (SSSR count). The highest BCUT2D eigenvalue weighted by Gasteiger charge is 2.10. The third-order valence-electron chi connectivity index (χ3n) is 3.26. The highest BCUT2D eigenvalue weighted by molar-refractivity contribution is 7.13. The average Bonchev–Trinajstić information content (AvgIpc) is 3.11. The Bertz CT molecular complexity index is 846. The van der Waals surface area contributed by atoms with Crippen molar-refractivity contribution in [3.8, 4) is 22.1 Å². The standard InChI is InChI=1S/C18H14FNO4S/c19-13-3-7-15(8-4-13)24-10-9-23-14-5-1-12(2-6-14)17-20-16(11-25-17)18(21)22/h1-8,11H,9-10H2,(H,21,22). The number of halogens is 1. The number of carbonyl (C=O) groups is 1. The number of rotatable bonds is 7. The summed E-state index contributed by atoms with van der Waals surface area (Å²) < 4.78 is 23.8. The third-order valence-corrected chi connectivity index (χ3v) is 4.15. The van der Waals surface area contributed by atoms with Gasteiger partial charge < -0.3 is 14.6 Å². The van der Waals surface area contributed by atoms with Crippen LogP contribution in [0, 0.1) is 5.82 Å². The first kappa shape index (κ1) is 16.9. The van der Waals surface area contributed by atoms with Crippen molar-refractivity contribution in [2.24, 2.45) is 0 Å². The zero-order valence-electron chi connectivity index (χ0n) is 13.0. The molecule has 0 bridgehead atoms. The number of hydrogen-bond donors (Lipinski definition) is 1. The Kier molecular flexibility index (Phi) is 5.25. The first-order valence-electron chi connectivity index (χ1n) is 7.42. The van der Waals surface area contributed by atoms with Gasteiger partial charge in [0.2, 0.25) is 0 Å². The van der Waals surface area contributed by atoms with Crippen molar-refractivity contribution in [1.29, 1.82) is 0 Å². The molecular weight excluding hydrogens is 345 g/mol. The van der Waals surface area contributed by atoms with E-state index >= 15 is 0 Å². The van der Waals surface area contributed by atoms with Crippen LogP contribution >= 0.6 is 11.3 Å². The van der Waals surface area contributed by atoms with E-state index in [9.17, 15) is 9.18 Å². The van der Waals surface area contributed by atoms with Crippen LogP contribution in [0.4, 0.5) is 4.39 Å². The van der Waals surface area contributed by atoms with Crippen LogP contribution in [-0.4, -0.2) is 29.3 Å². The minimum absolute atomic E-state index is 0.0401. The molecule has 0 atom stereocenters. The van der Waals surface area contributed by atoms with E-state index in [4.69, 9.17) is 14.6 Å². The highest BCUT2D eigenvalue weighted by atomic mass is 32.1. The molecule has 2 aromatic carbocycles. The summed E-state index contributed by atoms with van der Waals surface area (Å²) in [6.07, 6.45) is 0. The molecule has 0 aliphatic rings. The van der Waals surface area contributed by atoms with Crippen LogP contribution in [0.5, 0.6) is 11.5 Å². The normalized spacial score (nSPS) is 10.4. The fraction of sp³-hybridized carbons (Fsp3) is 0.111. The molecule has 0 spiro atoms. The third kappa shape index (κ3) is 4.54. The quantitative estimate of drug-likeness (QED) is 0.643. The lowest BCUT2D eigenvalue weighted by atomic mass is 10.2. The van der Waals surface area contributed by atoms with Gasteiger partial charge in [-0.25, -0.2) is 14.2 Å². The minimum Gasteiger partial charge on any atom is -0.490 e. The second kappa shape index (κ2) is 7.76. The highest BCUT2D eigenvalue weighted by Crippen LogP contribution is 2.25. The van der Waals surface area contributed by atoms with Gasteiger partial charge in [-0.2, -0.15) is 0 Å². The lowest BCUT2D eigenvalue weighted by Crippen LogP contribution is -2.08. The van der Waals surface area contributed by atoms with Gasteiger partial charge in [0, 0.05) is 10.9 Å². The van der Waals surface area contributed by atoms with E-state index in [0.717, 1.165) is 5.56 Å². The van der Waals surface area contributed by atoms with Gasteiger partial charge in [-0.05, 0) is 48.5 Å². The van der Waals surface area contributed by atoms with E-state index in [1.807, 2.05) is 12.1 Å². The van der Waals surface area contributed by atoms with E-state index in [1.54, 1.807) is 24.3 Å². The number of thiazole rings is 1. The predicted octanol–water partition coefficient (Wildman–Crippen LogP) is 4.11. The van der Waals surface area contributed by atoms with E-state index < -0.39 is 5.97 Å². The Balaban J connectivity index is 1.50. The van der Waals surface area contributed by atoms with Crippen molar-refractivity contribution >= 4 is 17.3 Å². The summed E-state index contributed by atoms with van der Waals surface area (Å²) in [4.78, 5) is 14.9. The van der Waals surface area contributed by atoms with Gasteiger partial charge in [-0.3, -0.25) is 0 Å². The molecule has 25 heavy (non-hydrogen) atoms. The van der Waals surface area contributed by atoms with E-state index in [0.29, 0.717) is 29.7 Å². The molecule has 0 aliphatic heterocycles. The van der Waals surface area contributed by atoms with E-state index in [2.05, 4.69) is 4.98 Å². The molecule has 1 heterocycles. The zero-order chi connectivity index (χ0) is 17.6. The SMILES string of the molecule is O=C(O)c1csc(-c2ccc(OCCOc3ccc(F)cc3)cc2)n1. The van der Waals surface area contributed by atoms with Gasteiger partial charge in [0.1, 0.15) is 35.5 Å². The van der Waals surface area contributed by atoms with E-state index in [-0.39, 0.29) is 11.5 Å². The molecule has 3 aromatic rings. The fourth-order valence-electron chi connectivity index (χ4n) is 2.05. The molecule has 0 unspecified atom stereocenters. The molecule has 0 saturated carbocycles. The van der Waals surface area contributed by atoms with Gasteiger partial charge in [0.25, 0.3) is 0 Å². The Labute approximate surface area is 147 Å². The summed E-state index contributed by atoms with van der Waals surface area (Å²) in [5.41, 5.74) is 0.866. The van der Waals surface area contributed by atoms with Crippen LogP contribution in [0.25, 0.3) is 10.6 Å². The molecular formula is C18H14FNO4S. The molecule has 0 aliphatic carbocycles. The van der Waals surface area contributed by atoms with Gasteiger partial charge in [-0.1, -0.05) is 0 Å². The van der Waals surface area contributed by atoms with Crippen LogP contribution in [-0.2, 0) is 0 Å². The lowest BCUT2D eigenvalue weighted by Gasteiger charge is -2.08. The molecule has 0 radical (unpaired) electrons. The number of nitrogens with zero attached hydrogens (tertiary/aromatic N) is 1. The van der Waals surface area contributed by atoms with Crippen molar-refractivity contribution in [3.63, 3.8) is 0 Å². The van der Waals surface area contributed by atoms with Crippen molar-refractivity contribution in [1.82, 2.24) is 4.98 Å². The van der Waals surface area contributed by atoms with Gasteiger partial charge in [0.05, 0.1) is 0 Å². The number of hydrogen-bond acceptors (Lipinski definition) is 5. The molecule has 0 fully saturated rings. The van der Waals surface area contributed by atoms with Crippen LogP contribution in [0.1, 0.15) is 10.5 Å². The van der Waals surface area contributed by atoms with Gasteiger partial charge in [0.15, 0.2) is 5.69 Å². The summed E-state index contributed by atoms with van der Waals surface area (Å²) in [5, 5.41) is 11.1. The maximum atomic E-state index is 12.8. The van der Waals surface area contributed by atoms with Crippen LogP contribution < -0.4 is 9.47 Å². The van der Waals surface area contributed by atoms with Crippen molar-refractivity contribution in [3.05, 3.63) is 65.4 Å². The van der Waals surface area contributed by atoms with Gasteiger partial charge in [-0.15, -0.1) is 11.3 Å². The van der Waals surface area contributed by atoms with Gasteiger partial charge >= 0.3 is 5.97 Å². The second-order valence-corrected chi connectivity index (χ2v) is 5.88. The van der Waals surface area contributed by atoms with Crippen molar-refractivity contribution in [2.45, 2.75) is 0 Å². The zero-order valence-corrected chi connectivity index (χ0v) is 13.8. The number of aromatic nitrogens is 1. The predicted molar refractivity (Wildman–Crippen MR) is 91.9 cm³/mol. The summed E-state index contributed by atoms with van der Waals surface area (Å²) in [5.74, 6) is -0.0946. The summed E-state index contributed by atoms with van der Waals surface area (Å²) in [7, 11) is 0. The topological polar surface area (TPSA) is 68.7 Å². The Hall–Kier alpha value is -2.93. The number of ether oxygens (including phenoxy) is 2. The second-order valence-electron chi connectivity index (χ2n) is 5.02. The Morgan fingerprint density at radius 1 is 1.00 bits per heavy atom. The average molecular weight is 359 g/mol. The molecule has 5 nitrogen and oxygen atoms in total. The maximum absolute atomic E-state index is 12.8. The minimum atomic E-state index is -1.04. The molecule has 7 heteroatoms. The maximum Gasteiger partial charge on any atom is 0.355 e. The molecule has 0 amide bonds. The fourth-order valence-corrected chi connectivity index (χ4v) is 2.85. The Morgan fingerprint density at radius 3 is 2.08 bits per heavy atom. The van der Waals surface area contributed by atoms with Crippen LogP contribution in [0.15, 0.2) is 53.9 Å². The largest absolute Gasteiger partial charge is 0.490 e. The number of carboxylic acid groups (broad SMARTS) is 1. The molecule has 1 N–H and O–H groups in total. The van der Waals surface area contributed by atoms with Crippen LogP contribution in [0.2, 0.25) is 0 Å². The monoisotopic (exact) mass is 359 g/mol. The van der Waals surface area contributed by atoms with Crippen molar-refractivity contribution < 1.29 is 23.8 Å². The summed E-state index contributed by atoms with van der Waals surface area (Å²) >= 11 is 1.28. The molecule has 0 saturated heterocycles. The molecule has 1 aromatic heterocycles. The number of carboxylic acids is 1. The Morgan fingerprint density at radius 2 is 1.56 bits per heavy atom. The smallest absolute Gasteiger partial charge is 0.355 e. The summed E-state index contributed by atoms with van der Waals surface area (Å²) in [6, 6.07) is 13.0. The number of aromatic carboxylic acids is 1. The van der Waals surface area contributed by atoms with E-state index in [1.165, 1.54) is 28.8 Å². The van der Waals surface area contributed by atoms with Crippen molar-refractivity contribution in [2.75, 3.05) is 13.2 Å². The molecule has 128 valence electrons. The lowest BCUT2D eigenvalue weighted by molar-refractivity contribution is 0.0691. The first-order valence-corrected chi connectivity index (χ1v) is 8.30. The first-order chi connectivity index (χ1) is 12.1. The number of benzene rings is 2.